The average Bonchev–Trinajstić information content (AvgIpc) is 2.88. The minimum Gasteiger partial charge on any atom is -0.466 e. The molecule has 5 heteroatoms. The lowest BCUT2D eigenvalue weighted by atomic mass is 9.96. The van der Waals surface area contributed by atoms with Crippen LogP contribution in [0.25, 0.3) is 0 Å². The normalized spacial score (nSPS) is 22.3. The molecule has 0 spiro atoms. The third-order valence-electron chi connectivity index (χ3n) is 3.83. The number of rotatable bonds is 5. The molecule has 1 atom stereocenters. The summed E-state index contributed by atoms with van der Waals surface area (Å²) in [5.41, 5.74) is 1.54. The number of allylic oxidation sites excluding steroid dienone is 1. The summed E-state index contributed by atoms with van der Waals surface area (Å²) >= 11 is 0. The van der Waals surface area contributed by atoms with Crippen LogP contribution in [-0.4, -0.2) is 36.6 Å². The summed E-state index contributed by atoms with van der Waals surface area (Å²) in [7, 11) is 1.40. The first-order valence-electron chi connectivity index (χ1n) is 7.08. The number of hydrogen-bond acceptors (Lipinski definition) is 3. The van der Waals surface area contributed by atoms with E-state index in [1.165, 1.54) is 7.11 Å². The van der Waals surface area contributed by atoms with E-state index in [1.54, 1.807) is 4.90 Å². The lowest BCUT2D eigenvalue weighted by Crippen LogP contribution is -2.50. The Kier molecular flexibility index (Phi) is 4.45. The van der Waals surface area contributed by atoms with Gasteiger partial charge in [0.1, 0.15) is 0 Å². The van der Waals surface area contributed by atoms with Crippen molar-refractivity contribution in [2.75, 3.05) is 13.7 Å². The third kappa shape index (κ3) is 2.74. The highest BCUT2D eigenvalue weighted by Gasteiger charge is 2.38. The summed E-state index contributed by atoms with van der Waals surface area (Å²) in [6.45, 7) is 2.83. The Bertz CT molecular complexity index is 403. The summed E-state index contributed by atoms with van der Waals surface area (Å²) < 4.78 is 4.89. The minimum atomic E-state index is -0.302. The van der Waals surface area contributed by atoms with E-state index in [-0.39, 0.29) is 18.0 Å². The minimum absolute atomic E-state index is 0.0679. The molecular formula is C14H22N2O3. The highest BCUT2D eigenvalue weighted by Crippen LogP contribution is 2.31. The standard InChI is InChI=1S/C14H22N2O3/c1-3-4-5-7-10-12(13(17)19-2)11-8-6-9-16(11)14(18)15-10/h10H,3-9H2,1-2H3,(H,15,18)/t10-/m1/s1. The van der Waals surface area contributed by atoms with E-state index >= 15 is 0 Å². The molecule has 2 aliphatic heterocycles. The van der Waals surface area contributed by atoms with Crippen molar-refractivity contribution < 1.29 is 14.3 Å². The van der Waals surface area contributed by atoms with E-state index in [0.29, 0.717) is 12.1 Å². The van der Waals surface area contributed by atoms with Gasteiger partial charge in [-0.25, -0.2) is 9.59 Å². The van der Waals surface area contributed by atoms with Gasteiger partial charge in [0.15, 0.2) is 0 Å². The molecule has 2 rings (SSSR count). The molecule has 0 radical (unpaired) electrons. The van der Waals surface area contributed by atoms with Gasteiger partial charge in [0, 0.05) is 12.2 Å². The van der Waals surface area contributed by atoms with Crippen molar-refractivity contribution in [3.8, 4) is 0 Å². The number of nitrogens with one attached hydrogen (secondary N) is 1. The maximum Gasteiger partial charge on any atom is 0.337 e. The molecule has 2 heterocycles. The number of hydrogen-bond donors (Lipinski definition) is 1. The van der Waals surface area contributed by atoms with Crippen LogP contribution in [0.2, 0.25) is 0 Å². The molecule has 2 aliphatic rings. The van der Waals surface area contributed by atoms with Gasteiger partial charge in [-0.05, 0) is 19.3 Å². The predicted octanol–water partition coefficient (Wildman–Crippen LogP) is 2.18. The number of nitrogens with zero attached hydrogens (tertiary/aromatic N) is 1. The van der Waals surface area contributed by atoms with Crippen LogP contribution in [0.15, 0.2) is 11.3 Å². The summed E-state index contributed by atoms with van der Waals surface area (Å²) in [5.74, 6) is -0.302. The van der Waals surface area contributed by atoms with Crippen LogP contribution in [-0.2, 0) is 9.53 Å². The summed E-state index contributed by atoms with van der Waals surface area (Å²) in [6, 6.07) is -0.252. The van der Waals surface area contributed by atoms with Crippen LogP contribution in [0.5, 0.6) is 0 Å². The lowest BCUT2D eigenvalue weighted by molar-refractivity contribution is -0.136. The van der Waals surface area contributed by atoms with Crippen LogP contribution in [0, 0.1) is 0 Å². The SMILES string of the molecule is CCCCC[C@H]1NC(=O)N2CCCC2=C1C(=O)OC. The van der Waals surface area contributed by atoms with E-state index in [0.717, 1.165) is 44.2 Å². The fraction of sp³-hybridized carbons (Fsp3) is 0.714. The molecule has 0 aliphatic carbocycles. The number of carbonyl (C=O) groups excluding carboxylic acids is 2. The fourth-order valence-electron chi connectivity index (χ4n) is 2.86. The van der Waals surface area contributed by atoms with Crippen molar-refractivity contribution in [2.45, 2.75) is 51.5 Å². The molecule has 5 nitrogen and oxygen atoms in total. The molecule has 0 saturated carbocycles. The highest BCUT2D eigenvalue weighted by atomic mass is 16.5. The number of carbonyl (C=O) groups is 2. The molecule has 0 bridgehead atoms. The van der Waals surface area contributed by atoms with Crippen LogP contribution >= 0.6 is 0 Å². The number of fused-ring (bicyclic) bond motifs is 1. The van der Waals surface area contributed by atoms with Gasteiger partial charge in [0.05, 0.1) is 18.7 Å². The third-order valence-corrected chi connectivity index (χ3v) is 3.83. The van der Waals surface area contributed by atoms with Gasteiger partial charge in [-0.3, -0.25) is 4.90 Å². The van der Waals surface area contributed by atoms with Gasteiger partial charge in [-0.1, -0.05) is 26.2 Å². The zero-order valence-electron chi connectivity index (χ0n) is 11.7. The van der Waals surface area contributed by atoms with E-state index in [2.05, 4.69) is 12.2 Å². The molecule has 2 amide bonds. The van der Waals surface area contributed by atoms with Crippen LogP contribution in [0.3, 0.4) is 0 Å². The van der Waals surface area contributed by atoms with E-state index in [9.17, 15) is 9.59 Å². The topological polar surface area (TPSA) is 58.6 Å². The second-order valence-electron chi connectivity index (χ2n) is 5.10. The quantitative estimate of drug-likeness (QED) is 0.613. The number of urea groups is 1. The summed E-state index contributed by atoms with van der Waals surface area (Å²) in [6.07, 6.45) is 5.76. The van der Waals surface area contributed by atoms with Crippen LogP contribution < -0.4 is 5.32 Å². The highest BCUT2D eigenvalue weighted by molar-refractivity contribution is 5.94. The van der Waals surface area contributed by atoms with Crippen molar-refractivity contribution in [3.63, 3.8) is 0 Å². The molecule has 0 unspecified atom stereocenters. The maximum atomic E-state index is 12.0. The Hall–Kier alpha value is -1.52. The number of amides is 2. The zero-order chi connectivity index (χ0) is 13.8. The van der Waals surface area contributed by atoms with E-state index < -0.39 is 0 Å². The Morgan fingerprint density at radius 2 is 2.26 bits per heavy atom. The average molecular weight is 266 g/mol. The molecule has 1 saturated heterocycles. The Balaban J connectivity index is 2.23. The zero-order valence-corrected chi connectivity index (χ0v) is 11.7. The predicted molar refractivity (Wildman–Crippen MR) is 71.4 cm³/mol. The van der Waals surface area contributed by atoms with E-state index in [1.807, 2.05) is 0 Å². The van der Waals surface area contributed by atoms with Gasteiger partial charge in [0.2, 0.25) is 0 Å². The Morgan fingerprint density at radius 3 is 2.95 bits per heavy atom. The van der Waals surface area contributed by atoms with Crippen LogP contribution in [0.4, 0.5) is 4.79 Å². The Morgan fingerprint density at radius 1 is 1.47 bits per heavy atom. The monoisotopic (exact) mass is 266 g/mol. The van der Waals surface area contributed by atoms with Crippen molar-refractivity contribution in [2.24, 2.45) is 0 Å². The van der Waals surface area contributed by atoms with Gasteiger partial charge < -0.3 is 10.1 Å². The van der Waals surface area contributed by atoms with Gasteiger partial charge in [-0.2, -0.15) is 0 Å². The number of methoxy groups -OCH3 is 1. The first-order valence-corrected chi connectivity index (χ1v) is 7.08. The Labute approximate surface area is 114 Å². The smallest absolute Gasteiger partial charge is 0.337 e. The van der Waals surface area contributed by atoms with Crippen molar-refractivity contribution >= 4 is 12.0 Å². The van der Waals surface area contributed by atoms with Gasteiger partial charge in [0.25, 0.3) is 0 Å². The molecule has 1 N–H and O–H groups in total. The van der Waals surface area contributed by atoms with Gasteiger partial charge >= 0.3 is 12.0 Å². The molecule has 0 aromatic rings. The first-order chi connectivity index (χ1) is 9.19. The molecule has 106 valence electrons. The molecule has 0 aromatic carbocycles. The van der Waals surface area contributed by atoms with Crippen LogP contribution in [0.1, 0.15) is 45.4 Å². The lowest BCUT2D eigenvalue weighted by Gasteiger charge is -2.32. The molecule has 1 fully saturated rings. The largest absolute Gasteiger partial charge is 0.466 e. The summed E-state index contributed by atoms with van der Waals surface area (Å²) in [4.78, 5) is 25.7. The van der Waals surface area contributed by atoms with Crippen molar-refractivity contribution in [1.29, 1.82) is 0 Å². The van der Waals surface area contributed by atoms with Crippen molar-refractivity contribution in [3.05, 3.63) is 11.3 Å². The fourth-order valence-corrected chi connectivity index (χ4v) is 2.86. The first kappa shape index (κ1) is 13.9. The number of esters is 1. The van der Waals surface area contributed by atoms with E-state index in [4.69, 9.17) is 4.74 Å². The second kappa shape index (κ2) is 6.08. The molecular weight excluding hydrogens is 244 g/mol. The maximum absolute atomic E-state index is 12.0. The van der Waals surface area contributed by atoms with Crippen molar-refractivity contribution in [1.82, 2.24) is 10.2 Å². The number of ether oxygens (including phenoxy) is 1. The van der Waals surface area contributed by atoms with Gasteiger partial charge in [-0.15, -0.1) is 0 Å². The summed E-state index contributed by atoms with van der Waals surface area (Å²) in [5, 5.41) is 2.94. The molecule has 0 aromatic heterocycles. The number of unbranched alkanes of at least 4 members (excludes halogenated alkanes) is 2. The molecule has 19 heavy (non-hydrogen) atoms. The second-order valence-corrected chi connectivity index (χ2v) is 5.10.